The second kappa shape index (κ2) is 5.84. The summed E-state index contributed by atoms with van der Waals surface area (Å²) in [6, 6.07) is 0. The number of phosphoric acid groups is 1. The molecule has 1 fully saturated rings. The molecular formula is C10H15N2O8P. The maximum Gasteiger partial charge on any atom is 0.469 e. The van der Waals surface area contributed by atoms with E-state index in [1.807, 2.05) is 0 Å². The van der Waals surface area contributed by atoms with Gasteiger partial charge in [0.05, 0.1) is 12.7 Å². The highest BCUT2D eigenvalue weighted by Crippen LogP contribution is 2.38. The molecule has 0 radical (unpaired) electrons. The number of ether oxygens (including phenoxy) is 1. The van der Waals surface area contributed by atoms with Crippen LogP contribution < -0.4 is 11.2 Å². The Labute approximate surface area is 118 Å². The first kappa shape index (κ1) is 16.1. The number of hydrogen-bond acceptors (Lipinski definition) is 6. The van der Waals surface area contributed by atoms with Gasteiger partial charge in [-0.1, -0.05) is 0 Å². The largest absolute Gasteiger partial charge is 0.469 e. The predicted molar refractivity (Wildman–Crippen MR) is 68.6 cm³/mol. The molecule has 11 heteroatoms. The standard InChI is InChI=1S/C10H15N2O8P/c1-5-3-12(10(15)11-9(5)14)8-2-6(13)7(20-8)4-19-21(16,17)18/h3,6-8,13H,2,4H2,1H3,(H,11,14,15)(H2,16,17,18)/t6-,7-,8-/m0/s1. The van der Waals surface area contributed by atoms with Crippen LogP contribution in [0.4, 0.5) is 0 Å². The van der Waals surface area contributed by atoms with E-state index >= 15 is 0 Å². The molecule has 1 aromatic rings. The Kier molecular flexibility index (Phi) is 4.47. The number of aliphatic hydroxyl groups is 1. The molecule has 0 spiro atoms. The van der Waals surface area contributed by atoms with Crippen molar-refractivity contribution in [2.24, 2.45) is 0 Å². The van der Waals surface area contributed by atoms with Crippen molar-refractivity contribution >= 4 is 7.82 Å². The van der Waals surface area contributed by atoms with E-state index in [4.69, 9.17) is 14.5 Å². The number of nitrogens with one attached hydrogen (secondary N) is 1. The molecule has 2 rings (SSSR count). The van der Waals surface area contributed by atoms with Gasteiger partial charge in [0.1, 0.15) is 12.3 Å². The van der Waals surface area contributed by atoms with Gasteiger partial charge < -0.3 is 19.6 Å². The summed E-state index contributed by atoms with van der Waals surface area (Å²) in [5, 5.41) is 9.79. The molecule has 0 saturated carbocycles. The molecule has 0 aliphatic carbocycles. The summed E-state index contributed by atoms with van der Waals surface area (Å²) in [7, 11) is -4.67. The first-order valence-corrected chi connectivity index (χ1v) is 7.56. The fraction of sp³-hybridized carbons (Fsp3) is 0.600. The number of rotatable bonds is 4. The third kappa shape index (κ3) is 3.88. The number of aryl methyl sites for hydroxylation is 1. The molecule has 1 saturated heterocycles. The fourth-order valence-electron chi connectivity index (χ4n) is 2.01. The number of aromatic nitrogens is 2. The Morgan fingerprint density at radius 2 is 2.19 bits per heavy atom. The average Bonchev–Trinajstić information content (AvgIpc) is 2.72. The highest BCUT2D eigenvalue weighted by atomic mass is 31.2. The van der Waals surface area contributed by atoms with Crippen LogP contribution in [0.1, 0.15) is 18.2 Å². The number of nitrogens with zero attached hydrogens (tertiary/aromatic N) is 1. The normalized spacial score (nSPS) is 26.2. The van der Waals surface area contributed by atoms with Gasteiger partial charge in [0.15, 0.2) is 0 Å². The molecule has 4 N–H and O–H groups in total. The molecule has 0 amide bonds. The zero-order chi connectivity index (χ0) is 15.8. The van der Waals surface area contributed by atoms with Gasteiger partial charge >= 0.3 is 13.5 Å². The van der Waals surface area contributed by atoms with E-state index in [2.05, 4.69) is 9.51 Å². The quantitative estimate of drug-likeness (QED) is 0.494. The third-order valence-electron chi connectivity index (χ3n) is 3.07. The van der Waals surface area contributed by atoms with Crippen LogP contribution in [0.25, 0.3) is 0 Å². The Bertz CT molecular complexity index is 676. The Morgan fingerprint density at radius 3 is 2.81 bits per heavy atom. The molecule has 0 aromatic carbocycles. The van der Waals surface area contributed by atoms with Crippen LogP contribution in [0.15, 0.2) is 15.8 Å². The molecule has 0 bridgehead atoms. The van der Waals surface area contributed by atoms with Crippen LogP contribution in [0.5, 0.6) is 0 Å². The number of aliphatic hydroxyl groups excluding tert-OH is 1. The van der Waals surface area contributed by atoms with E-state index in [0.717, 1.165) is 4.57 Å². The molecule has 1 aliphatic rings. The molecule has 10 nitrogen and oxygen atoms in total. The van der Waals surface area contributed by atoms with Crippen molar-refractivity contribution in [1.29, 1.82) is 0 Å². The minimum Gasteiger partial charge on any atom is -0.390 e. The second-order valence-corrected chi connectivity index (χ2v) is 5.94. The van der Waals surface area contributed by atoms with Gasteiger partial charge in [0, 0.05) is 18.2 Å². The summed E-state index contributed by atoms with van der Waals surface area (Å²) in [6.45, 7) is 0.994. The van der Waals surface area contributed by atoms with Gasteiger partial charge in [-0.05, 0) is 6.92 Å². The lowest BCUT2D eigenvalue weighted by molar-refractivity contribution is -0.0451. The molecule has 1 aliphatic heterocycles. The molecule has 21 heavy (non-hydrogen) atoms. The van der Waals surface area contributed by atoms with Crippen LogP contribution in [-0.4, -0.2) is 43.3 Å². The van der Waals surface area contributed by atoms with Crippen LogP contribution in [0.3, 0.4) is 0 Å². The molecule has 2 heterocycles. The van der Waals surface area contributed by atoms with E-state index in [0.29, 0.717) is 5.56 Å². The number of phosphoric ester groups is 1. The number of hydrogen-bond donors (Lipinski definition) is 4. The van der Waals surface area contributed by atoms with Gasteiger partial charge in [0.25, 0.3) is 5.56 Å². The zero-order valence-corrected chi connectivity index (χ0v) is 11.9. The molecule has 118 valence electrons. The van der Waals surface area contributed by atoms with Crippen molar-refractivity contribution in [2.75, 3.05) is 6.61 Å². The smallest absolute Gasteiger partial charge is 0.390 e. The number of aromatic amines is 1. The summed E-state index contributed by atoms with van der Waals surface area (Å²) < 4.78 is 21.4. The number of H-pyrrole nitrogens is 1. The lowest BCUT2D eigenvalue weighted by Crippen LogP contribution is -2.33. The highest BCUT2D eigenvalue weighted by molar-refractivity contribution is 7.46. The summed E-state index contributed by atoms with van der Waals surface area (Å²) in [4.78, 5) is 42.3. The van der Waals surface area contributed by atoms with Crippen molar-refractivity contribution in [1.82, 2.24) is 9.55 Å². The molecule has 1 aromatic heterocycles. The monoisotopic (exact) mass is 322 g/mol. The van der Waals surface area contributed by atoms with Gasteiger partial charge in [-0.25, -0.2) is 9.36 Å². The SMILES string of the molecule is Cc1cn([C@@H]2C[C@H](O)[C@H](COP(=O)(O)O)O2)c(=O)[nH]c1=O. The van der Waals surface area contributed by atoms with Gasteiger partial charge in [-0.3, -0.25) is 18.9 Å². The Morgan fingerprint density at radius 1 is 1.52 bits per heavy atom. The third-order valence-corrected chi connectivity index (χ3v) is 3.55. The second-order valence-electron chi connectivity index (χ2n) is 4.70. The van der Waals surface area contributed by atoms with E-state index in [1.165, 1.54) is 13.1 Å². The lowest BCUT2D eigenvalue weighted by Gasteiger charge is -2.16. The molecule has 0 unspecified atom stereocenters. The molecular weight excluding hydrogens is 307 g/mol. The van der Waals surface area contributed by atoms with Crippen molar-refractivity contribution in [3.63, 3.8) is 0 Å². The first-order valence-electron chi connectivity index (χ1n) is 6.03. The van der Waals surface area contributed by atoms with E-state index < -0.39 is 44.1 Å². The highest BCUT2D eigenvalue weighted by Gasteiger charge is 2.37. The summed E-state index contributed by atoms with van der Waals surface area (Å²) in [6.07, 6.45) is -1.57. The van der Waals surface area contributed by atoms with E-state index in [9.17, 15) is 19.3 Å². The predicted octanol–water partition coefficient (Wildman–Crippen LogP) is -1.40. The summed E-state index contributed by atoms with van der Waals surface area (Å²) in [5.74, 6) is 0. The van der Waals surface area contributed by atoms with Gasteiger partial charge in [-0.15, -0.1) is 0 Å². The van der Waals surface area contributed by atoms with Crippen LogP contribution >= 0.6 is 7.82 Å². The Hall–Kier alpha value is -1.29. The van der Waals surface area contributed by atoms with E-state index in [1.54, 1.807) is 0 Å². The van der Waals surface area contributed by atoms with Gasteiger partial charge in [0.2, 0.25) is 0 Å². The Balaban J connectivity index is 2.14. The maximum absolute atomic E-state index is 11.7. The minimum absolute atomic E-state index is 0.0283. The van der Waals surface area contributed by atoms with Crippen LogP contribution in [0, 0.1) is 6.92 Å². The fourth-order valence-corrected chi connectivity index (χ4v) is 2.35. The minimum atomic E-state index is -4.67. The summed E-state index contributed by atoms with van der Waals surface area (Å²) >= 11 is 0. The molecule has 3 atom stereocenters. The van der Waals surface area contributed by atoms with E-state index in [-0.39, 0.29) is 6.42 Å². The zero-order valence-electron chi connectivity index (χ0n) is 11.0. The average molecular weight is 322 g/mol. The maximum atomic E-state index is 11.7. The van der Waals surface area contributed by atoms with Crippen molar-refractivity contribution in [3.8, 4) is 0 Å². The lowest BCUT2D eigenvalue weighted by atomic mass is 10.2. The van der Waals surface area contributed by atoms with Gasteiger partial charge in [-0.2, -0.15) is 0 Å². The summed E-state index contributed by atoms with van der Waals surface area (Å²) in [5.41, 5.74) is -0.918. The van der Waals surface area contributed by atoms with Crippen molar-refractivity contribution in [2.45, 2.75) is 31.8 Å². The van der Waals surface area contributed by atoms with Crippen LogP contribution in [-0.2, 0) is 13.8 Å². The first-order chi connectivity index (χ1) is 9.67. The van der Waals surface area contributed by atoms with Crippen molar-refractivity contribution in [3.05, 3.63) is 32.6 Å². The van der Waals surface area contributed by atoms with Crippen LogP contribution in [0.2, 0.25) is 0 Å². The van der Waals surface area contributed by atoms with Crippen molar-refractivity contribution < 1.29 is 28.7 Å². The topological polar surface area (TPSA) is 151 Å².